The van der Waals surface area contributed by atoms with Crippen molar-refractivity contribution < 1.29 is 4.79 Å². The highest BCUT2D eigenvalue weighted by atomic mass is 16.2. The number of benzene rings is 1. The maximum atomic E-state index is 12.4. The summed E-state index contributed by atoms with van der Waals surface area (Å²) in [5.41, 5.74) is 2.49. The van der Waals surface area contributed by atoms with Gasteiger partial charge in [-0.3, -0.25) is 4.79 Å². The number of nitrogens with one attached hydrogen (secondary N) is 1. The van der Waals surface area contributed by atoms with Crippen LogP contribution in [0.25, 0.3) is 0 Å². The highest BCUT2D eigenvalue weighted by molar-refractivity contribution is 5.82. The minimum atomic E-state index is 0.270. The standard InChI is InChI=1S/C16H23N3O/c1-13-11-19(12-16(20)18-8-4-5-9-18)15-7-3-2-6-14(15)10-17-13/h2-3,6-7,13,17H,4-5,8-12H2,1H3. The molecule has 4 heteroatoms. The lowest BCUT2D eigenvalue weighted by molar-refractivity contribution is -0.128. The summed E-state index contributed by atoms with van der Waals surface area (Å²) >= 11 is 0. The van der Waals surface area contributed by atoms with Crippen LogP contribution < -0.4 is 10.2 Å². The van der Waals surface area contributed by atoms with Crippen LogP contribution in [-0.4, -0.2) is 43.0 Å². The molecular formula is C16H23N3O. The molecule has 1 atom stereocenters. The van der Waals surface area contributed by atoms with Gasteiger partial charge in [-0.05, 0) is 31.4 Å². The van der Waals surface area contributed by atoms with Gasteiger partial charge in [0.2, 0.25) is 5.91 Å². The monoisotopic (exact) mass is 273 g/mol. The summed E-state index contributed by atoms with van der Waals surface area (Å²) in [6, 6.07) is 8.80. The lowest BCUT2D eigenvalue weighted by Gasteiger charge is -2.28. The first-order chi connectivity index (χ1) is 9.74. The zero-order valence-electron chi connectivity index (χ0n) is 12.1. The second-order valence-corrected chi connectivity index (χ2v) is 5.88. The SMILES string of the molecule is CC1CN(CC(=O)N2CCCC2)c2ccccc2CN1. The summed E-state index contributed by atoms with van der Waals surface area (Å²) in [5, 5.41) is 3.51. The molecule has 2 aliphatic heterocycles. The summed E-state index contributed by atoms with van der Waals surface area (Å²) < 4.78 is 0. The van der Waals surface area contributed by atoms with Crippen molar-refractivity contribution in [2.24, 2.45) is 0 Å². The van der Waals surface area contributed by atoms with Crippen LogP contribution in [0.5, 0.6) is 0 Å². The molecule has 1 fully saturated rings. The minimum absolute atomic E-state index is 0.270. The van der Waals surface area contributed by atoms with Gasteiger partial charge in [-0.15, -0.1) is 0 Å². The van der Waals surface area contributed by atoms with Crippen molar-refractivity contribution in [1.82, 2.24) is 10.2 Å². The minimum Gasteiger partial charge on any atom is -0.360 e. The third kappa shape index (κ3) is 2.80. The van der Waals surface area contributed by atoms with E-state index in [4.69, 9.17) is 0 Å². The number of para-hydroxylation sites is 1. The van der Waals surface area contributed by atoms with Gasteiger partial charge >= 0.3 is 0 Å². The topological polar surface area (TPSA) is 35.6 Å². The van der Waals surface area contributed by atoms with Gasteiger partial charge in [0.15, 0.2) is 0 Å². The lowest BCUT2D eigenvalue weighted by Crippen LogP contribution is -2.43. The number of anilines is 1. The molecule has 4 nitrogen and oxygen atoms in total. The highest BCUT2D eigenvalue weighted by Gasteiger charge is 2.24. The van der Waals surface area contributed by atoms with E-state index in [-0.39, 0.29) is 5.91 Å². The van der Waals surface area contributed by atoms with Gasteiger partial charge in [0.25, 0.3) is 0 Å². The molecule has 1 aromatic rings. The van der Waals surface area contributed by atoms with E-state index in [0.29, 0.717) is 12.6 Å². The molecule has 0 saturated carbocycles. The summed E-state index contributed by atoms with van der Waals surface area (Å²) in [6.07, 6.45) is 2.31. The van der Waals surface area contributed by atoms with Crippen LogP contribution in [-0.2, 0) is 11.3 Å². The molecule has 108 valence electrons. The van der Waals surface area contributed by atoms with Crippen LogP contribution in [0.15, 0.2) is 24.3 Å². The quantitative estimate of drug-likeness (QED) is 0.889. The van der Waals surface area contributed by atoms with Crippen molar-refractivity contribution in [1.29, 1.82) is 0 Å². The number of nitrogens with zero attached hydrogens (tertiary/aromatic N) is 2. The fourth-order valence-electron chi connectivity index (χ4n) is 3.13. The molecule has 3 rings (SSSR count). The van der Waals surface area contributed by atoms with Gasteiger partial charge in [-0.1, -0.05) is 18.2 Å². The average molecular weight is 273 g/mol. The first-order valence-electron chi connectivity index (χ1n) is 7.58. The number of fused-ring (bicyclic) bond motifs is 1. The summed E-state index contributed by atoms with van der Waals surface area (Å²) in [5.74, 6) is 0.270. The van der Waals surface area contributed by atoms with Crippen molar-refractivity contribution in [3.63, 3.8) is 0 Å². The first-order valence-corrected chi connectivity index (χ1v) is 7.58. The van der Waals surface area contributed by atoms with Crippen molar-refractivity contribution in [3.05, 3.63) is 29.8 Å². The van der Waals surface area contributed by atoms with E-state index in [9.17, 15) is 4.79 Å². The molecule has 1 unspecified atom stereocenters. The van der Waals surface area contributed by atoms with E-state index in [2.05, 4.69) is 41.4 Å². The predicted molar refractivity (Wildman–Crippen MR) is 80.8 cm³/mol. The van der Waals surface area contributed by atoms with E-state index in [1.807, 2.05) is 4.90 Å². The number of rotatable bonds is 2. The Morgan fingerprint density at radius 3 is 2.85 bits per heavy atom. The molecule has 1 saturated heterocycles. The van der Waals surface area contributed by atoms with Gasteiger partial charge < -0.3 is 15.1 Å². The van der Waals surface area contributed by atoms with Crippen molar-refractivity contribution in [2.75, 3.05) is 31.1 Å². The molecule has 0 spiro atoms. The Kier molecular flexibility index (Phi) is 3.92. The molecule has 0 aliphatic carbocycles. The largest absolute Gasteiger partial charge is 0.360 e. The molecule has 2 heterocycles. The van der Waals surface area contributed by atoms with E-state index in [0.717, 1.165) is 39.0 Å². The predicted octanol–water partition coefficient (Wildman–Crippen LogP) is 1.61. The number of likely N-dealkylation sites (tertiary alicyclic amines) is 1. The van der Waals surface area contributed by atoms with Gasteiger partial charge in [-0.25, -0.2) is 0 Å². The van der Waals surface area contributed by atoms with Gasteiger partial charge in [-0.2, -0.15) is 0 Å². The summed E-state index contributed by atoms with van der Waals surface area (Å²) in [4.78, 5) is 16.6. The molecule has 0 radical (unpaired) electrons. The summed E-state index contributed by atoms with van der Waals surface area (Å²) in [7, 11) is 0. The number of amides is 1. The average Bonchev–Trinajstić information content (AvgIpc) is 2.94. The molecule has 1 aromatic carbocycles. The number of hydrogen-bond donors (Lipinski definition) is 1. The second kappa shape index (κ2) is 5.83. The van der Waals surface area contributed by atoms with E-state index in [1.54, 1.807) is 0 Å². The number of carbonyl (C=O) groups excluding carboxylic acids is 1. The summed E-state index contributed by atoms with van der Waals surface area (Å²) in [6.45, 7) is 6.31. The smallest absolute Gasteiger partial charge is 0.242 e. The second-order valence-electron chi connectivity index (χ2n) is 5.88. The van der Waals surface area contributed by atoms with Gasteiger partial charge in [0.1, 0.15) is 0 Å². The van der Waals surface area contributed by atoms with Crippen LogP contribution in [0.2, 0.25) is 0 Å². The van der Waals surface area contributed by atoms with Crippen LogP contribution in [0.3, 0.4) is 0 Å². The third-order valence-corrected chi connectivity index (χ3v) is 4.25. The third-order valence-electron chi connectivity index (χ3n) is 4.25. The van der Waals surface area contributed by atoms with E-state index < -0.39 is 0 Å². The fourth-order valence-corrected chi connectivity index (χ4v) is 3.13. The lowest BCUT2D eigenvalue weighted by atomic mass is 10.1. The fraction of sp³-hybridized carbons (Fsp3) is 0.562. The maximum Gasteiger partial charge on any atom is 0.242 e. The molecule has 2 aliphatic rings. The Bertz CT molecular complexity index is 482. The van der Waals surface area contributed by atoms with Crippen molar-refractivity contribution >= 4 is 11.6 Å². The Hall–Kier alpha value is -1.55. The first kappa shape index (κ1) is 13.4. The molecular weight excluding hydrogens is 250 g/mol. The normalized spacial score (nSPS) is 22.6. The van der Waals surface area contributed by atoms with Crippen molar-refractivity contribution in [3.8, 4) is 0 Å². The zero-order chi connectivity index (χ0) is 13.9. The Labute approximate surface area is 120 Å². The number of carbonyl (C=O) groups is 1. The molecule has 1 N–H and O–H groups in total. The van der Waals surface area contributed by atoms with Crippen LogP contribution >= 0.6 is 0 Å². The van der Waals surface area contributed by atoms with Crippen LogP contribution in [0, 0.1) is 0 Å². The number of hydrogen-bond acceptors (Lipinski definition) is 3. The van der Waals surface area contributed by atoms with Gasteiger partial charge in [0.05, 0.1) is 6.54 Å². The maximum absolute atomic E-state index is 12.4. The van der Waals surface area contributed by atoms with E-state index >= 15 is 0 Å². The highest BCUT2D eigenvalue weighted by Crippen LogP contribution is 2.23. The Morgan fingerprint density at radius 1 is 1.30 bits per heavy atom. The Balaban J connectivity index is 1.78. The van der Waals surface area contributed by atoms with E-state index in [1.165, 1.54) is 11.3 Å². The van der Waals surface area contributed by atoms with Crippen molar-refractivity contribution in [2.45, 2.75) is 32.4 Å². The van der Waals surface area contributed by atoms with Crippen LogP contribution in [0.4, 0.5) is 5.69 Å². The molecule has 1 amide bonds. The Morgan fingerprint density at radius 2 is 2.05 bits per heavy atom. The van der Waals surface area contributed by atoms with Gasteiger partial charge in [0, 0.05) is 37.9 Å². The zero-order valence-corrected chi connectivity index (χ0v) is 12.1. The molecule has 20 heavy (non-hydrogen) atoms. The van der Waals surface area contributed by atoms with Crippen LogP contribution in [0.1, 0.15) is 25.3 Å². The molecule has 0 aromatic heterocycles. The molecule has 0 bridgehead atoms.